The van der Waals surface area contributed by atoms with E-state index in [-0.39, 0.29) is 0 Å². The summed E-state index contributed by atoms with van der Waals surface area (Å²) >= 11 is 6.59. The van der Waals surface area contributed by atoms with Crippen LogP contribution in [0.25, 0.3) is 0 Å². The van der Waals surface area contributed by atoms with E-state index in [2.05, 4.69) is 0 Å². The second-order valence-corrected chi connectivity index (χ2v) is 9.01. The Balaban J connectivity index is 2.16. The number of halogens is 1. The molecule has 2 aromatic rings. The van der Waals surface area contributed by atoms with Crippen LogP contribution < -0.4 is 9.05 Å². The third-order valence-electron chi connectivity index (χ3n) is 2.94. The summed E-state index contributed by atoms with van der Waals surface area (Å²) in [7, 11) is -2.78. The molecule has 0 radical (unpaired) electrons. The van der Waals surface area contributed by atoms with Crippen LogP contribution in [0, 0.1) is 13.8 Å². The summed E-state index contributed by atoms with van der Waals surface area (Å²) in [6.07, 6.45) is 0.663. The molecule has 0 amide bonds. The van der Waals surface area contributed by atoms with Crippen molar-refractivity contribution in [3.63, 3.8) is 0 Å². The van der Waals surface area contributed by atoms with Crippen molar-refractivity contribution in [2.75, 3.05) is 6.16 Å². The summed E-state index contributed by atoms with van der Waals surface area (Å²) in [4.78, 5) is 0. The maximum atomic E-state index is 6.59. The van der Waals surface area contributed by atoms with Crippen molar-refractivity contribution in [3.8, 4) is 11.5 Å². The topological polar surface area (TPSA) is 18.5 Å². The molecule has 108 valence electrons. The Morgan fingerprint density at radius 1 is 0.900 bits per heavy atom. The first kappa shape index (κ1) is 15.2. The van der Waals surface area contributed by atoms with Crippen LogP contribution in [0.5, 0.6) is 11.5 Å². The number of hydrogen-bond acceptors (Lipinski definition) is 2. The van der Waals surface area contributed by atoms with Gasteiger partial charge in [-0.2, -0.15) is 0 Å². The van der Waals surface area contributed by atoms with E-state index in [0.29, 0.717) is 6.16 Å². The number of aryl methyl sites for hydroxylation is 2. The molecule has 0 saturated heterocycles. The molecular weight excluding hydrogens is 291 g/mol. The molecule has 0 atom stereocenters. The van der Waals surface area contributed by atoms with E-state index in [0.717, 1.165) is 22.6 Å². The summed E-state index contributed by atoms with van der Waals surface area (Å²) < 4.78 is 11.9. The Hall–Kier alpha value is -1.24. The van der Waals surface area contributed by atoms with Gasteiger partial charge in [0.15, 0.2) is 0 Å². The standard InChI is InChI=1S/C16H20ClO2P/c1-4-20(17,18-15-9-5-7-13(2)11-15)19-16-10-6-8-14(3)12-16/h5-12,20H,4H2,1-3H3. The zero-order chi connectivity index (χ0) is 14.6. The Morgan fingerprint density at radius 2 is 1.35 bits per heavy atom. The van der Waals surface area contributed by atoms with Crippen molar-refractivity contribution in [2.24, 2.45) is 0 Å². The van der Waals surface area contributed by atoms with Crippen LogP contribution >= 0.6 is 18.3 Å². The van der Waals surface area contributed by atoms with Gasteiger partial charge in [-0.25, -0.2) is 0 Å². The predicted octanol–water partition coefficient (Wildman–Crippen LogP) is 5.51. The minimum atomic E-state index is -2.78. The Bertz CT molecular complexity index is 539. The molecular formula is C16H20ClO2P. The first-order valence-corrected chi connectivity index (χ1v) is 9.74. The summed E-state index contributed by atoms with van der Waals surface area (Å²) in [6, 6.07) is 15.7. The summed E-state index contributed by atoms with van der Waals surface area (Å²) in [5, 5.41) is 0. The van der Waals surface area contributed by atoms with E-state index in [1.807, 2.05) is 69.3 Å². The first-order chi connectivity index (χ1) is 9.50. The average Bonchev–Trinajstić information content (AvgIpc) is 2.38. The molecule has 0 heterocycles. The zero-order valence-corrected chi connectivity index (χ0v) is 13.8. The Morgan fingerprint density at radius 3 is 1.70 bits per heavy atom. The summed E-state index contributed by atoms with van der Waals surface area (Å²) in [6.45, 7) is 6.04. The second kappa shape index (κ2) is 6.47. The quantitative estimate of drug-likeness (QED) is 0.677. The molecule has 2 nitrogen and oxygen atoms in total. The van der Waals surface area contributed by atoms with Gasteiger partial charge in [0, 0.05) is 0 Å². The number of hydrogen-bond donors (Lipinski definition) is 0. The van der Waals surface area contributed by atoms with Gasteiger partial charge in [-0.1, -0.05) is 0 Å². The molecule has 20 heavy (non-hydrogen) atoms. The first-order valence-electron chi connectivity index (χ1n) is 6.71. The van der Waals surface area contributed by atoms with Crippen LogP contribution in [-0.2, 0) is 0 Å². The number of benzene rings is 2. The average molecular weight is 311 g/mol. The van der Waals surface area contributed by atoms with Crippen molar-refractivity contribution < 1.29 is 9.05 Å². The van der Waals surface area contributed by atoms with Crippen LogP contribution in [0.3, 0.4) is 0 Å². The SMILES string of the molecule is CC[PH](Cl)(Oc1cccc(C)c1)Oc1cccc(C)c1. The van der Waals surface area contributed by atoms with E-state index >= 15 is 0 Å². The molecule has 2 aromatic carbocycles. The van der Waals surface area contributed by atoms with E-state index < -0.39 is 7.07 Å². The molecule has 0 aliphatic heterocycles. The van der Waals surface area contributed by atoms with Crippen molar-refractivity contribution in [2.45, 2.75) is 20.8 Å². The molecule has 0 saturated carbocycles. The predicted molar refractivity (Wildman–Crippen MR) is 88.3 cm³/mol. The molecule has 0 aliphatic carbocycles. The molecule has 2 rings (SSSR count). The van der Waals surface area contributed by atoms with E-state index in [1.54, 1.807) is 0 Å². The van der Waals surface area contributed by atoms with Gasteiger partial charge in [0.25, 0.3) is 0 Å². The Kier molecular flexibility index (Phi) is 4.91. The van der Waals surface area contributed by atoms with Crippen LogP contribution in [0.2, 0.25) is 0 Å². The van der Waals surface area contributed by atoms with Gasteiger partial charge in [-0.3, -0.25) is 0 Å². The third kappa shape index (κ3) is 4.13. The fourth-order valence-corrected chi connectivity index (χ4v) is 3.70. The molecule has 0 N–H and O–H groups in total. The van der Waals surface area contributed by atoms with Crippen LogP contribution in [0.15, 0.2) is 48.5 Å². The van der Waals surface area contributed by atoms with Gasteiger partial charge in [-0.15, -0.1) is 0 Å². The summed E-state index contributed by atoms with van der Waals surface area (Å²) in [5.41, 5.74) is 2.28. The minimum absolute atomic E-state index is 0.663. The molecule has 0 unspecified atom stereocenters. The summed E-state index contributed by atoms with van der Waals surface area (Å²) in [5.74, 6) is 1.53. The number of rotatable bonds is 5. The van der Waals surface area contributed by atoms with Crippen molar-refractivity contribution in [1.82, 2.24) is 0 Å². The van der Waals surface area contributed by atoms with Gasteiger partial charge < -0.3 is 0 Å². The zero-order valence-electron chi connectivity index (χ0n) is 12.0. The maximum absolute atomic E-state index is 6.59. The molecule has 0 bridgehead atoms. The van der Waals surface area contributed by atoms with Gasteiger partial charge in [-0.05, 0) is 0 Å². The van der Waals surface area contributed by atoms with Crippen molar-refractivity contribution in [3.05, 3.63) is 59.7 Å². The van der Waals surface area contributed by atoms with Gasteiger partial charge in [0.1, 0.15) is 0 Å². The fourth-order valence-electron chi connectivity index (χ4n) is 1.87. The normalized spacial score (nSPS) is 12.0. The van der Waals surface area contributed by atoms with Crippen LogP contribution in [0.4, 0.5) is 0 Å². The Labute approximate surface area is 126 Å². The van der Waals surface area contributed by atoms with E-state index in [4.69, 9.17) is 20.3 Å². The molecule has 4 heteroatoms. The van der Waals surface area contributed by atoms with Crippen LogP contribution in [0.1, 0.15) is 18.1 Å². The second-order valence-electron chi connectivity index (χ2n) is 4.85. The molecule has 0 aromatic heterocycles. The molecule has 0 aliphatic rings. The monoisotopic (exact) mass is 310 g/mol. The van der Waals surface area contributed by atoms with Crippen LogP contribution in [-0.4, -0.2) is 6.16 Å². The van der Waals surface area contributed by atoms with E-state index in [9.17, 15) is 0 Å². The fraction of sp³-hybridized carbons (Fsp3) is 0.250. The molecule has 0 fully saturated rings. The molecule has 0 spiro atoms. The van der Waals surface area contributed by atoms with Crippen molar-refractivity contribution in [1.29, 1.82) is 0 Å². The van der Waals surface area contributed by atoms with Gasteiger partial charge in [0.05, 0.1) is 0 Å². The van der Waals surface area contributed by atoms with Gasteiger partial charge in [0.2, 0.25) is 0 Å². The van der Waals surface area contributed by atoms with E-state index in [1.165, 1.54) is 0 Å². The third-order valence-corrected chi connectivity index (χ3v) is 6.13. The van der Waals surface area contributed by atoms with Gasteiger partial charge >= 0.3 is 125 Å². The van der Waals surface area contributed by atoms with Crippen molar-refractivity contribution >= 4 is 18.3 Å².